The summed E-state index contributed by atoms with van der Waals surface area (Å²) in [6.07, 6.45) is 3.44. The van der Waals surface area contributed by atoms with E-state index in [1.807, 2.05) is 6.92 Å². The van der Waals surface area contributed by atoms with Crippen LogP contribution >= 0.6 is 0 Å². The zero-order valence-electron chi connectivity index (χ0n) is 9.19. The highest BCUT2D eigenvalue weighted by Crippen LogP contribution is 2.14. The molecule has 0 fully saturated rings. The third kappa shape index (κ3) is 9.68. The summed E-state index contributed by atoms with van der Waals surface area (Å²) < 4.78 is 23.9. The van der Waals surface area contributed by atoms with Gasteiger partial charge in [-0.1, -0.05) is 13.3 Å². The standard InChI is InChI=1S/C9H19NO4S/c1-3-8(4-5-9(11)12)6-7-10-15(2,13)14/h8,10H,3-7H2,1-2H3,(H,11,12). The maximum absolute atomic E-state index is 10.8. The van der Waals surface area contributed by atoms with E-state index in [1.165, 1.54) is 0 Å². The monoisotopic (exact) mass is 237 g/mol. The molecular formula is C9H19NO4S. The molecule has 0 bridgehead atoms. The first-order valence-corrected chi connectivity index (χ1v) is 6.90. The highest BCUT2D eigenvalue weighted by Gasteiger charge is 2.09. The van der Waals surface area contributed by atoms with Crippen LogP contribution in [0.1, 0.15) is 32.6 Å². The molecule has 0 aromatic carbocycles. The molecule has 0 radical (unpaired) electrons. The van der Waals surface area contributed by atoms with Crippen LogP contribution in [0.2, 0.25) is 0 Å². The van der Waals surface area contributed by atoms with Gasteiger partial charge >= 0.3 is 5.97 Å². The average molecular weight is 237 g/mol. The number of carboxylic acids is 1. The van der Waals surface area contributed by atoms with Gasteiger partial charge in [0.1, 0.15) is 0 Å². The lowest BCUT2D eigenvalue weighted by atomic mass is 9.97. The minimum absolute atomic E-state index is 0.150. The summed E-state index contributed by atoms with van der Waals surface area (Å²) in [5, 5.41) is 8.50. The number of carbonyl (C=O) groups is 1. The summed E-state index contributed by atoms with van der Waals surface area (Å²) >= 11 is 0. The summed E-state index contributed by atoms with van der Waals surface area (Å²) in [5.74, 6) is -0.528. The van der Waals surface area contributed by atoms with Gasteiger partial charge in [-0.15, -0.1) is 0 Å². The molecule has 1 atom stereocenters. The molecule has 6 heteroatoms. The summed E-state index contributed by atoms with van der Waals surface area (Å²) in [6, 6.07) is 0. The molecular weight excluding hydrogens is 218 g/mol. The lowest BCUT2D eigenvalue weighted by molar-refractivity contribution is -0.137. The van der Waals surface area contributed by atoms with E-state index in [0.717, 1.165) is 12.7 Å². The Hall–Kier alpha value is -0.620. The Kier molecular flexibility index (Phi) is 6.51. The zero-order valence-corrected chi connectivity index (χ0v) is 10.0. The van der Waals surface area contributed by atoms with Crippen LogP contribution in [0.25, 0.3) is 0 Å². The van der Waals surface area contributed by atoms with Crippen molar-refractivity contribution >= 4 is 16.0 Å². The molecule has 0 aliphatic heterocycles. The summed E-state index contributed by atoms with van der Waals surface area (Å²) in [4.78, 5) is 10.3. The minimum atomic E-state index is -3.13. The molecule has 0 amide bonds. The highest BCUT2D eigenvalue weighted by atomic mass is 32.2. The molecule has 0 heterocycles. The van der Waals surface area contributed by atoms with E-state index in [9.17, 15) is 13.2 Å². The topological polar surface area (TPSA) is 83.5 Å². The number of aliphatic carboxylic acids is 1. The molecule has 1 unspecified atom stereocenters. The number of carboxylic acid groups (broad SMARTS) is 1. The van der Waals surface area contributed by atoms with E-state index in [-0.39, 0.29) is 12.3 Å². The van der Waals surface area contributed by atoms with Gasteiger partial charge in [0.2, 0.25) is 10.0 Å². The van der Waals surface area contributed by atoms with Crippen molar-refractivity contribution in [3.8, 4) is 0 Å². The van der Waals surface area contributed by atoms with E-state index < -0.39 is 16.0 Å². The SMILES string of the molecule is CCC(CCNS(C)(=O)=O)CCC(=O)O. The summed E-state index contributed by atoms with van der Waals surface area (Å²) in [5.41, 5.74) is 0. The van der Waals surface area contributed by atoms with Crippen molar-refractivity contribution in [1.82, 2.24) is 4.72 Å². The molecule has 0 rings (SSSR count). The molecule has 0 aliphatic carbocycles. The second kappa shape index (κ2) is 6.79. The predicted octanol–water partition coefficient (Wildman–Crippen LogP) is 0.817. The zero-order chi connectivity index (χ0) is 11.9. The molecule has 0 aliphatic rings. The minimum Gasteiger partial charge on any atom is -0.481 e. The van der Waals surface area contributed by atoms with Crippen molar-refractivity contribution in [2.75, 3.05) is 12.8 Å². The van der Waals surface area contributed by atoms with Crippen LogP contribution in [0.3, 0.4) is 0 Å². The molecule has 2 N–H and O–H groups in total. The Morgan fingerprint density at radius 2 is 2.00 bits per heavy atom. The van der Waals surface area contributed by atoms with Crippen LogP contribution in [0.4, 0.5) is 0 Å². The summed E-state index contributed by atoms with van der Waals surface area (Å²) in [6.45, 7) is 2.37. The lowest BCUT2D eigenvalue weighted by Gasteiger charge is -2.13. The Balaban J connectivity index is 3.75. The van der Waals surface area contributed by atoms with Crippen molar-refractivity contribution < 1.29 is 18.3 Å². The van der Waals surface area contributed by atoms with Gasteiger partial charge in [-0.05, 0) is 18.8 Å². The van der Waals surface area contributed by atoms with Gasteiger partial charge in [0.15, 0.2) is 0 Å². The van der Waals surface area contributed by atoms with Crippen molar-refractivity contribution in [1.29, 1.82) is 0 Å². The second-order valence-electron chi connectivity index (χ2n) is 3.66. The first kappa shape index (κ1) is 14.4. The number of nitrogens with one attached hydrogen (secondary N) is 1. The normalized spacial score (nSPS) is 13.7. The number of hydrogen-bond donors (Lipinski definition) is 2. The van der Waals surface area contributed by atoms with Gasteiger partial charge in [0.05, 0.1) is 6.26 Å². The molecule has 0 saturated heterocycles. The highest BCUT2D eigenvalue weighted by molar-refractivity contribution is 7.88. The maximum Gasteiger partial charge on any atom is 0.303 e. The summed E-state index contributed by atoms with van der Waals surface area (Å²) in [7, 11) is -3.13. The largest absolute Gasteiger partial charge is 0.481 e. The Morgan fingerprint density at radius 3 is 2.40 bits per heavy atom. The van der Waals surface area contributed by atoms with Crippen molar-refractivity contribution in [2.24, 2.45) is 5.92 Å². The van der Waals surface area contributed by atoms with Crippen LogP contribution in [-0.2, 0) is 14.8 Å². The smallest absolute Gasteiger partial charge is 0.303 e. The molecule has 0 aromatic heterocycles. The van der Waals surface area contributed by atoms with Crippen LogP contribution in [0, 0.1) is 5.92 Å². The van der Waals surface area contributed by atoms with E-state index in [2.05, 4.69) is 4.72 Å². The van der Waals surface area contributed by atoms with E-state index in [4.69, 9.17) is 5.11 Å². The third-order valence-electron chi connectivity index (χ3n) is 2.26. The molecule has 0 saturated carbocycles. The molecule has 15 heavy (non-hydrogen) atoms. The Morgan fingerprint density at radius 1 is 1.40 bits per heavy atom. The van der Waals surface area contributed by atoms with Crippen molar-refractivity contribution in [3.63, 3.8) is 0 Å². The second-order valence-corrected chi connectivity index (χ2v) is 5.49. The van der Waals surface area contributed by atoms with Gasteiger partial charge in [-0.3, -0.25) is 4.79 Å². The van der Waals surface area contributed by atoms with Gasteiger partial charge in [0.25, 0.3) is 0 Å². The fraction of sp³-hybridized carbons (Fsp3) is 0.889. The van der Waals surface area contributed by atoms with Crippen molar-refractivity contribution in [2.45, 2.75) is 32.6 Å². The number of hydrogen-bond acceptors (Lipinski definition) is 3. The fourth-order valence-corrected chi connectivity index (χ4v) is 1.82. The fourth-order valence-electron chi connectivity index (χ4n) is 1.33. The van der Waals surface area contributed by atoms with Gasteiger partial charge in [-0.25, -0.2) is 13.1 Å². The van der Waals surface area contributed by atoms with Crippen LogP contribution in [0.15, 0.2) is 0 Å². The predicted molar refractivity (Wildman–Crippen MR) is 58.1 cm³/mol. The molecule has 0 spiro atoms. The number of sulfonamides is 1. The van der Waals surface area contributed by atoms with Crippen LogP contribution in [-0.4, -0.2) is 32.3 Å². The third-order valence-corrected chi connectivity index (χ3v) is 2.99. The molecule has 5 nitrogen and oxygen atoms in total. The molecule has 0 aromatic rings. The van der Waals surface area contributed by atoms with Gasteiger partial charge in [0, 0.05) is 13.0 Å². The lowest BCUT2D eigenvalue weighted by Crippen LogP contribution is -2.24. The maximum atomic E-state index is 10.8. The quantitative estimate of drug-likeness (QED) is 0.654. The van der Waals surface area contributed by atoms with Gasteiger partial charge < -0.3 is 5.11 Å². The first-order chi connectivity index (χ1) is 6.85. The average Bonchev–Trinajstić information content (AvgIpc) is 2.08. The van der Waals surface area contributed by atoms with Gasteiger partial charge in [-0.2, -0.15) is 0 Å². The van der Waals surface area contributed by atoms with E-state index in [1.54, 1.807) is 0 Å². The first-order valence-electron chi connectivity index (χ1n) is 5.01. The van der Waals surface area contributed by atoms with E-state index >= 15 is 0 Å². The van der Waals surface area contributed by atoms with Crippen molar-refractivity contribution in [3.05, 3.63) is 0 Å². The van der Waals surface area contributed by atoms with E-state index in [0.29, 0.717) is 19.4 Å². The Labute approximate surface area is 90.9 Å². The van der Waals surface area contributed by atoms with Crippen LogP contribution in [0.5, 0.6) is 0 Å². The Bertz CT molecular complexity index is 286. The molecule has 90 valence electrons. The number of rotatable bonds is 8. The van der Waals surface area contributed by atoms with Crippen LogP contribution < -0.4 is 4.72 Å².